The first-order valence-corrected chi connectivity index (χ1v) is 5.51. The molecule has 1 fully saturated rings. The monoisotopic (exact) mass is 217 g/mol. The summed E-state index contributed by atoms with van der Waals surface area (Å²) in [6.45, 7) is 2.10. The number of hydrogen-bond acceptors (Lipinski definition) is 3. The second-order valence-corrected chi connectivity index (χ2v) is 4.16. The summed E-state index contributed by atoms with van der Waals surface area (Å²) in [5, 5.41) is 0. The zero-order valence-electron chi connectivity index (χ0n) is 9.62. The van der Waals surface area contributed by atoms with Gasteiger partial charge in [0, 0.05) is 0 Å². The Balaban J connectivity index is 2.44. The highest BCUT2D eigenvalue weighted by Crippen LogP contribution is 2.50. The minimum Gasteiger partial charge on any atom is -0.497 e. The number of hydrogen-bond donors (Lipinski definition) is 0. The van der Waals surface area contributed by atoms with Gasteiger partial charge < -0.3 is 4.74 Å². The van der Waals surface area contributed by atoms with Crippen LogP contribution in [0.5, 0.6) is 5.75 Å². The smallest absolute Gasteiger partial charge is 0.235 e. The Morgan fingerprint density at radius 3 is 2.69 bits per heavy atom. The number of carbonyl (C=O) groups excluding carboxylic acids is 1. The molecule has 0 atom stereocenters. The molecule has 84 valence electrons. The molecular formula is C13H15NO2. The molecule has 0 bridgehead atoms. The van der Waals surface area contributed by atoms with Crippen LogP contribution < -0.4 is 4.74 Å². The fourth-order valence-corrected chi connectivity index (χ4v) is 1.92. The van der Waals surface area contributed by atoms with Crippen LogP contribution in [0.4, 0.5) is 0 Å². The number of rotatable bonds is 4. The number of aryl methyl sites for hydroxylation is 1. The molecule has 2 rings (SSSR count). The van der Waals surface area contributed by atoms with Crippen molar-refractivity contribution in [3.63, 3.8) is 0 Å². The van der Waals surface area contributed by atoms with Crippen LogP contribution in [0, 0.1) is 0 Å². The lowest BCUT2D eigenvalue weighted by atomic mass is 10.0. The van der Waals surface area contributed by atoms with E-state index in [0.29, 0.717) is 0 Å². The molecule has 1 aromatic carbocycles. The van der Waals surface area contributed by atoms with Crippen molar-refractivity contribution in [3.8, 4) is 5.75 Å². The predicted molar refractivity (Wildman–Crippen MR) is 61.4 cm³/mol. The van der Waals surface area contributed by atoms with E-state index in [1.165, 1.54) is 5.56 Å². The third kappa shape index (κ3) is 1.86. The van der Waals surface area contributed by atoms with E-state index < -0.39 is 0 Å². The van der Waals surface area contributed by atoms with Gasteiger partial charge >= 0.3 is 0 Å². The highest BCUT2D eigenvalue weighted by molar-refractivity contribution is 5.45. The van der Waals surface area contributed by atoms with Crippen LogP contribution in [0.3, 0.4) is 0 Å². The highest BCUT2D eigenvalue weighted by Gasteiger charge is 2.45. The van der Waals surface area contributed by atoms with Gasteiger partial charge in [0.25, 0.3) is 0 Å². The van der Waals surface area contributed by atoms with Crippen LogP contribution in [-0.4, -0.2) is 13.2 Å². The fourth-order valence-electron chi connectivity index (χ4n) is 1.92. The molecule has 1 aromatic rings. The van der Waals surface area contributed by atoms with Crippen LogP contribution in [0.25, 0.3) is 0 Å². The van der Waals surface area contributed by atoms with E-state index in [9.17, 15) is 4.79 Å². The van der Waals surface area contributed by atoms with Crippen molar-refractivity contribution in [3.05, 3.63) is 29.3 Å². The Bertz CT molecular complexity index is 421. The van der Waals surface area contributed by atoms with E-state index in [4.69, 9.17) is 4.74 Å². The molecule has 0 N–H and O–H groups in total. The Morgan fingerprint density at radius 2 is 2.19 bits per heavy atom. The first kappa shape index (κ1) is 10.9. The van der Waals surface area contributed by atoms with Crippen molar-refractivity contribution < 1.29 is 9.53 Å². The third-order valence-electron chi connectivity index (χ3n) is 3.13. The largest absolute Gasteiger partial charge is 0.497 e. The van der Waals surface area contributed by atoms with Gasteiger partial charge in [-0.25, -0.2) is 4.79 Å². The van der Waals surface area contributed by atoms with Crippen molar-refractivity contribution in [2.45, 2.75) is 31.7 Å². The zero-order chi connectivity index (χ0) is 11.6. The molecule has 1 saturated carbocycles. The van der Waals surface area contributed by atoms with Gasteiger partial charge in [0.2, 0.25) is 6.08 Å². The molecule has 0 heterocycles. The lowest BCUT2D eigenvalue weighted by Crippen LogP contribution is -2.03. The average Bonchev–Trinajstić information content (AvgIpc) is 3.10. The summed E-state index contributed by atoms with van der Waals surface area (Å²) in [5.74, 6) is 0.835. The van der Waals surface area contributed by atoms with Gasteiger partial charge in [-0.05, 0) is 42.5 Å². The van der Waals surface area contributed by atoms with Crippen molar-refractivity contribution in [2.75, 3.05) is 7.11 Å². The summed E-state index contributed by atoms with van der Waals surface area (Å²) < 4.78 is 5.26. The number of isocyanates is 1. The normalized spacial score (nSPS) is 16.4. The molecule has 0 spiro atoms. The quantitative estimate of drug-likeness (QED) is 0.574. The number of methoxy groups -OCH3 is 1. The Hall–Kier alpha value is -1.60. The minimum atomic E-state index is -0.305. The second-order valence-electron chi connectivity index (χ2n) is 4.16. The molecule has 16 heavy (non-hydrogen) atoms. The molecule has 0 amide bonds. The van der Waals surface area contributed by atoms with E-state index >= 15 is 0 Å². The fraction of sp³-hybridized carbons (Fsp3) is 0.462. The van der Waals surface area contributed by atoms with Crippen molar-refractivity contribution in [2.24, 2.45) is 4.99 Å². The number of ether oxygens (including phenoxy) is 1. The highest BCUT2D eigenvalue weighted by atomic mass is 16.5. The summed E-state index contributed by atoms with van der Waals surface area (Å²) in [6.07, 6.45) is 4.49. The van der Waals surface area contributed by atoms with Crippen molar-refractivity contribution in [1.82, 2.24) is 0 Å². The van der Waals surface area contributed by atoms with Gasteiger partial charge in [-0.3, -0.25) is 0 Å². The Kier molecular flexibility index (Phi) is 2.80. The molecular weight excluding hydrogens is 202 g/mol. The lowest BCUT2D eigenvalue weighted by Gasteiger charge is -2.12. The maximum absolute atomic E-state index is 10.4. The molecule has 1 aliphatic carbocycles. The number of benzene rings is 1. The van der Waals surface area contributed by atoms with Crippen LogP contribution in [0.15, 0.2) is 23.2 Å². The Labute approximate surface area is 95.2 Å². The lowest BCUT2D eigenvalue weighted by molar-refractivity contribution is 0.413. The molecule has 3 nitrogen and oxygen atoms in total. The summed E-state index contributed by atoms with van der Waals surface area (Å²) in [7, 11) is 1.65. The first-order valence-electron chi connectivity index (χ1n) is 5.51. The van der Waals surface area contributed by atoms with Gasteiger partial charge in [-0.15, -0.1) is 0 Å². The summed E-state index contributed by atoms with van der Waals surface area (Å²) >= 11 is 0. The Morgan fingerprint density at radius 1 is 1.44 bits per heavy atom. The molecule has 0 aromatic heterocycles. The molecule has 0 unspecified atom stereocenters. The van der Waals surface area contributed by atoms with Gasteiger partial charge in [0.1, 0.15) is 5.75 Å². The third-order valence-corrected chi connectivity index (χ3v) is 3.13. The average molecular weight is 217 g/mol. The summed E-state index contributed by atoms with van der Waals surface area (Å²) in [5.41, 5.74) is 1.98. The topological polar surface area (TPSA) is 38.7 Å². The molecule has 0 radical (unpaired) electrons. The number of nitrogens with zero attached hydrogens (tertiary/aromatic N) is 1. The van der Waals surface area contributed by atoms with Gasteiger partial charge in [0.15, 0.2) is 0 Å². The van der Waals surface area contributed by atoms with Gasteiger partial charge in [0.05, 0.1) is 12.6 Å². The van der Waals surface area contributed by atoms with Crippen molar-refractivity contribution >= 4 is 6.08 Å². The second kappa shape index (κ2) is 4.11. The van der Waals surface area contributed by atoms with E-state index in [1.807, 2.05) is 12.1 Å². The predicted octanol–water partition coefficient (Wildman–Crippen LogP) is 2.58. The van der Waals surface area contributed by atoms with Gasteiger partial charge in [-0.1, -0.05) is 13.0 Å². The molecule has 3 heteroatoms. The van der Waals surface area contributed by atoms with Crippen LogP contribution in [-0.2, 0) is 16.8 Å². The van der Waals surface area contributed by atoms with E-state index in [-0.39, 0.29) is 5.54 Å². The van der Waals surface area contributed by atoms with E-state index in [1.54, 1.807) is 13.2 Å². The van der Waals surface area contributed by atoms with Crippen LogP contribution in [0.1, 0.15) is 30.9 Å². The maximum Gasteiger partial charge on any atom is 0.235 e. The number of aliphatic imine (C=N–C) groups is 1. The summed E-state index contributed by atoms with van der Waals surface area (Å²) in [4.78, 5) is 14.3. The standard InChI is InChI=1S/C13H15NO2/c1-3-10-6-11(8-12(7-10)16-2)13(4-5-13)14-9-15/h6-8H,3-5H2,1-2H3. The first-order chi connectivity index (χ1) is 7.74. The minimum absolute atomic E-state index is 0.305. The summed E-state index contributed by atoms with van der Waals surface area (Å²) in [6, 6.07) is 6.09. The molecule has 1 aliphatic rings. The van der Waals surface area contributed by atoms with E-state index in [2.05, 4.69) is 18.0 Å². The molecule has 0 aliphatic heterocycles. The van der Waals surface area contributed by atoms with Crippen LogP contribution >= 0.6 is 0 Å². The molecule has 0 saturated heterocycles. The maximum atomic E-state index is 10.4. The van der Waals surface area contributed by atoms with Crippen LogP contribution in [0.2, 0.25) is 0 Å². The van der Waals surface area contributed by atoms with Gasteiger partial charge in [-0.2, -0.15) is 4.99 Å². The zero-order valence-corrected chi connectivity index (χ0v) is 9.62. The van der Waals surface area contributed by atoms with E-state index in [0.717, 1.165) is 30.6 Å². The van der Waals surface area contributed by atoms with Crippen molar-refractivity contribution in [1.29, 1.82) is 0 Å². The SMILES string of the molecule is CCc1cc(OC)cc(C2(N=C=O)CC2)c1.